The molecule has 4 nitrogen and oxygen atoms in total. The first kappa shape index (κ1) is 19.3. The van der Waals surface area contributed by atoms with E-state index in [1.54, 1.807) is 37.1 Å². The Morgan fingerprint density at radius 1 is 1.04 bits per heavy atom. The van der Waals surface area contributed by atoms with Gasteiger partial charge in [-0.15, -0.1) is 0 Å². The van der Waals surface area contributed by atoms with Crippen molar-refractivity contribution in [1.82, 2.24) is 10.2 Å². The highest BCUT2D eigenvalue weighted by molar-refractivity contribution is 6.42. The molecule has 1 atom stereocenters. The summed E-state index contributed by atoms with van der Waals surface area (Å²) in [5.41, 5.74) is 1.71. The second kappa shape index (κ2) is 8.88. The maximum atomic E-state index is 12.8. The molecule has 1 N–H and O–H groups in total. The van der Waals surface area contributed by atoms with E-state index in [2.05, 4.69) is 5.32 Å². The van der Waals surface area contributed by atoms with E-state index in [1.807, 2.05) is 30.3 Å². The van der Waals surface area contributed by atoms with E-state index in [1.165, 1.54) is 0 Å². The SMILES string of the molecule is CNC(=O)C(C)N(Cc1ccccc1)C(=O)Cc1ccc(Cl)c(Cl)c1. The minimum Gasteiger partial charge on any atom is -0.357 e. The van der Waals surface area contributed by atoms with E-state index in [4.69, 9.17) is 23.2 Å². The van der Waals surface area contributed by atoms with Gasteiger partial charge in [0, 0.05) is 13.6 Å². The van der Waals surface area contributed by atoms with Crippen LogP contribution in [-0.2, 0) is 22.6 Å². The predicted molar refractivity (Wildman–Crippen MR) is 101 cm³/mol. The Morgan fingerprint density at radius 2 is 1.72 bits per heavy atom. The van der Waals surface area contributed by atoms with Crippen LogP contribution in [0.3, 0.4) is 0 Å². The lowest BCUT2D eigenvalue weighted by Gasteiger charge is -2.28. The number of rotatable bonds is 6. The molecule has 2 rings (SSSR count). The topological polar surface area (TPSA) is 49.4 Å². The third-order valence-corrected chi connectivity index (χ3v) is 4.69. The lowest BCUT2D eigenvalue weighted by atomic mass is 10.1. The normalized spacial score (nSPS) is 11.7. The molecular formula is C19H20Cl2N2O2. The zero-order chi connectivity index (χ0) is 18.4. The van der Waals surface area contributed by atoms with Crippen molar-refractivity contribution in [2.45, 2.75) is 25.9 Å². The molecule has 0 saturated heterocycles. The summed E-state index contributed by atoms with van der Waals surface area (Å²) in [4.78, 5) is 26.5. The van der Waals surface area contributed by atoms with Gasteiger partial charge in [0.05, 0.1) is 16.5 Å². The number of nitrogens with zero attached hydrogens (tertiary/aromatic N) is 1. The summed E-state index contributed by atoms with van der Waals surface area (Å²) in [6.45, 7) is 2.07. The number of hydrogen-bond donors (Lipinski definition) is 1. The Morgan fingerprint density at radius 3 is 2.32 bits per heavy atom. The van der Waals surface area contributed by atoms with Crippen LogP contribution in [0.25, 0.3) is 0 Å². The maximum Gasteiger partial charge on any atom is 0.242 e. The largest absolute Gasteiger partial charge is 0.357 e. The van der Waals surface area contributed by atoms with Crippen molar-refractivity contribution in [3.05, 3.63) is 69.7 Å². The van der Waals surface area contributed by atoms with Gasteiger partial charge in [0.25, 0.3) is 0 Å². The van der Waals surface area contributed by atoms with Crippen LogP contribution in [0, 0.1) is 0 Å². The second-order valence-corrected chi connectivity index (χ2v) is 6.54. The minimum absolute atomic E-state index is 0.144. The van der Waals surface area contributed by atoms with Gasteiger partial charge in [-0.2, -0.15) is 0 Å². The van der Waals surface area contributed by atoms with Crippen LogP contribution >= 0.6 is 23.2 Å². The van der Waals surface area contributed by atoms with Gasteiger partial charge in [-0.3, -0.25) is 9.59 Å². The van der Waals surface area contributed by atoms with Crippen molar-refractivity contribution >= 4 is 35.0 Å². The number of carbonyl (C=O) groups excluding carboxylic acids is 2. The van der Waals surface area contributed by atoms with Crippen LogP contribution in [0.5, 0.6) is 0 Å². The molecule has 2 aromatic rings. The molecule has 0 aliphatic heterocycles. The summed E-state index contributed by atoms with van der Waals surface area (Å²) in [6.07, 6.45) is 0.144. The number of amides is 2. The average Bonchev–Trinajstić information content (AvgIpc) is 2.62. The fourth-order valence-corrected chi connectivity index (χ4v) is 2.82. The first-order valence-electron chi connectivity index (χ1n) is 7.91. The maximum absolute atomic E-state index is 12.8. The highest BCUT2D eigenvalue weighted by Crippen LogP contribution is 2.23. The molecule has 0 saturated carbocycles. The molecule has 132 valence electrons. The first-order chi connectivity index (χ1) is 11.9. The Kier molecular flexibility index (Phi) is 6.85. The standard InChI is InChI=1S/C19H20Cl2N2O2/c1-13(19(25)22-2)23(12-14-6-4-3-5-7-14)18(24)11-15-8-9-16(20)17(21)10-15/h3-10,13H,11-12H2,1-2H3,(H,22,25). The third-order valence-electron chi connectivity index (χ3n) is 3.95. The Bertz CT molecular complexity index is 750. The Hall–Kier alpha value is -2.04. The highest BCUT2D eigenvalue weighted by Gasteiger charge is 2.25. The van der Waals surface area contributed by atoms with E-state index in [0.717, 1.165) is 11.1 Å². The third kappa shape index (κ3) is 5.21. The number of carbonyl (C=O) groups is 2. The molecule has 0 bridgehead atoms. The molecule has 0 aliphatic carbocycles. The van der Waals surface area contributed by atoms with Crippen molar-refractivity contribution in [3.8, 4) is 0 Å². The molecule has 1 unspecified atom stereocenters. The second-order valence-electron chi connectivity index (χ2n) is 5.72. The van der Waals surface area contributed by atoms with E-state index in [9.17, 15) is 9.59 Å². The van der Waals surface area contributed by atoms with Crippen LogP contribution < -0.4 is 5.32 Å². The van der Waals surface area contributed by atoms with Gasteiger partial charge in [0.2, 0.25) is 11.8 Å². The molecule has 2 amide bonds. The van der Waals surface area contributed by atoms with Crippen molar-refractivity contribution in [1.29, 1.82) is 0 Å². The molecule has 2 aromatic carbocycles. The van der Waals surface area contributed by atoms with E-state index >= 15 is 0 Å². The van der Waals surface area contributed by atoms with E-state index in [-0.39, 0.29) is 18.2 Å². The van der Waals surface area contributed by atoms with Crippen molar-refractivity contribution < 1.29 is 9.59 Å². The number of hydrogen-bond acceptors (Lipinski definition) is 2. The van der Waals surface area contributed by atoms with Crippen LogP contribution in [0.4, 0.5) is 0 Å². The summed E-state index contributed by atoms with van der Waals surface area (Å²) in [6, 6.07) is 14.1. The summed E-state index contributed by atoms with van der Waals surface area (Å²) < 4.78 is 0. The predicted octanol–water partition coefficient (Wildman–Crippen LogP) is 3.70. The van der Waals surface area contributed by atoms with Crippen molar-refractivity contribution in [3.63, 3.8) is 0 Å². The van der Waals surface area contributed by atoms with Crippen molar-refractivity contribution in [2.75, 3.05) is 7.05 Å². The highest BCUT2D eigenvalue weighted by atomic mass is 35.5. The van der Waals surface area contributed by atoms with Gasteiger partial charge < -0.3 is 10.2 Å². The van der Waals surface area contributed by atoms with Crippen LogP contribution in [0.15, 0.2) is 48.5 Å². The van der Waals surface area contributed by atoms with Gasteiger partial charge in [0.1, 0.15) is 6.04 Å². The molecule has 0 fully saturated rings. The van der Waals surface area contributed by atoms with Gasteiger partial charge >= 0.3 is 0 Å². The van der Waals surface area contributed by atoms with Crippen LogP contribution in [-0.4, -0.2) is 29.8 Å². The van der Waals surface area contributed by atoms with Gasteiger partial charge in [-0.25, -0.2) is 0 Å². The van der Waals surface area contributed by atoms with Gasteiger partial charge in [-0.1, -0.05) is 59.6 Å². The lowest BCUT2D eigenvalue weighted by molar-refractivity contribution is -0.139. The molecule has 0 radical (unpaired) electrons. The van der Waals surface area contributed by atoms with Gasteiger partial charge in [0.15, 0.2) is 0 Å². The number of nitrogens with one attached hydrogen (secondary N) is 1. The Labute approximate surface area is 157 Å². The monoisotopic (exact) mass is 378 g/mol. The summed E-state index contributed by atoms with van der Waals surface area (Å²) in [5, 5.41) is 3.44. The zero-order valence-corrected chi connectivity index (χ0v) is 15.6. The number of benzene rings is 2. The average molecular weight is 379 g/mol. The minimum atomic E-state index is -0.583. The van der Waals surface area contributed by atoms with E-state index in [0.29, 0.717) is 16.6 Å². The fraction of sp³-hybridized carbons (Fsp3) is 0.263. The molecule has 0 aliphatic rings. The molecule has 25 heavy (non-hydrogen) atoms. The molecule has 0 spiro atoms. The summed E-state index contributed by atoms with van der Waals surface area (Å²) in [5.74, 6) is -0.364. The number of likely N-dealkylation sites (N-methyl/N-ethyl adjacent to an activating group) is 1. The fourth-order valence-electron chi connectivity index (χ4n) is 2.50. The molecule has 6 heteroatoms. The first-order valence-corrected chi connectivity index (χ1v) is 8.67. The smallest absolute Gasteiger partial charge is 0.242 e. The zero-order valence-electron chi connectivity index (χ0n) is 14.1. The van der Waals surface area contributed by atoms with Gasteiger partial charge in [-0.05, 0) is 30.2 Å². The lowest BCUT2D eigenvalue weighted by Crippen LogP contribution is -2.47. The molecule has 0 heterocycles. The molecular weight excluding hydrogens is 359 g/mol. The number of halogens is 2. The Balaban J connectivity index is 2.22. The quantitative estimate of drug-likeness (QED) is 0.832. The summed E-state index contributed by atoms with van der Waals surface area (Å²) in [7, 11) is 1.56. The molecule has 0 aromatic heterocycles. The van der Waals surface area contributed by atoms with Crippen molar-refractivity contribution in [2.24, 2.45) is 0 Å². The van der Waals surface area contributed by atoms with E-state index < -0.39 is 6.04 Å². The van der Waals surface area contributed by atoms with Crippen LogP contribution in [0.1, 0.15) is 18.1 Å². The van der Waals surface area contributed by atoms with Crippen LogP contribution in [0.2, 0.25) is 10.0 Å². The summed E-state index contributed by atoms with van der Waals surface area (Å²) >= 11 is 11.9.